The lowest BCUT2D eigenvalue weighted by atomic mass is 10.0. The van der Waals surface area contributed by atoms with Gasteiger partial charge in [-0.15, -0.1) is 16.4 Å². The summed E-state index contributed by atoms with van der Waals surface area (Å²) in [6, 6.07) is 4.34. The predicted octanol–water partition coefficient (Wildman–Crippen LogP) is 6.23. The van der Waals surface area contributed by atoms with Crippen molar-refractivity contribution < 1.29 is 22.5 Å². The van der Waals surface area contributed by atoms with Gasteiger partial charge in [-0.05, 0) is 53.7 Å². The second-order valence-corrected chi connectivity index (χ2v) is 13.0. The molecule has 6 rings (SSSR count). The van der Waals surface area contributed by atoms with E-state index in [0.717, 1.165) is 15.3 Å². The topological polar surface area (TPSA) is 93.2 Å². The van der Waals surface area contributed by atoms with Crippen molar-refractivity contribution in [3.05, 3.63) is 80.2 Å². The molecule has 9 nitrogen and oxygen atoms in total. The lowest BCUT2D eigenvalue weighted by Crippen LogP contribution is -2.57. The van der Waals surface area contributed by atoms with Gasteiger partial charge in [0.2, 0.25) is 0 Å². The quantitative estimate of drug-likeness (QED) is 0.221. The van der Waals surface area contributed by atoms with Crippen molar-refractivity contribution in [1.82, 2.24) is 34.9 Å². The molecule has 3 atom stereocenters. The number of rotatable bonds is 6. The van der Waals surface area contributed by atoms with Crippen LogP contribution in [0.4, 0.5) is 13.2 Å². The molecule has 13 heteroatoms. The highest BCUT2D eigenvalue weighted by atomic mass is 32.1. The van der Waals surface area contributed by atoms with E-state index < -0.39 is 23.5 Å². The number of amides is 1. The van der Waals surface area contributed by atoms with Crippen LogP contribution in [0.3, 0.4) is 0 Å². The molecule has 0 N–H and O–H groups in total. The van der Waals surface area contributed by atoms with Crippen LogP contribution in [0.15, 0.2) is 35.0 Å². The van der Waals surface area contributed by atoms with Gasteiger partial charge in [-0.1, -0.05) is 10.4 Å². The first-order valence-corrected chi connectivity index (χ1v) is 15.2. The number of carbonyl (C=O) groups is 1. The number of fused-ring (bicyclic) bond motifs is 1. The minimum Gasteiger partial charge on any atom is -0.336 e. The molecular formula is C31H32F3N7O2S. The van der Waals surface area contributed by atoms with Crippen LogP contribution in [0.5, 0.6) is 0 Å². The molecule has 0 saturated carbocycles. The maximum Gasteiger partial charge on any atom is 0.259 e. The Morgan fingerprint density at radius 3 is 2.39 bits per heavy atom. The van der Waals surface area contributed by atoms with Gasteiger partial charge in [-0.2, -0.15) is 0 Å². The summed E-state index contributed by atoms with van der Waals surface area (Å²) in [4.78, 5) is 25.1. The molecule has 1 fully saturated rings. The van der Waals surface area contributed by atoms with Crippen LogP contribution in [0.2, 0.25) is 0 Å². The van der Waals surface area contributed by atoms with Gasteiger partial charge in [0.25, 0.3) is 11.6 Å². The van der Waals surface area contributed by atoms with E-state index in [1.807, 2.05) is 38.7 Å². The Hall–Kier alpha value is -4.10. The Morgan fingerprint density at radius 2 is 1.75 bits per heavy atom. The number of benzene rings is 1. The van der Waals surface area contributed by atoms with E-state index >= 15 is 0 Å². The Morgan fingerprint density at radius 1 is 1.07 bits per heavy atom. The van der Waals surface area contributed by atoms with Gasteiger partial charge in [0.05, 0.1) is 40.3 Å². The second-order valence-electron chi connectivity index (χ2n) is 11.6. The number of aryl methyl sites for hydroxylation is 3. The highest BCUT2D eigenvalue weighted by Crippen LogP contribution is 2.34. The Balaban J connectivity index is 1.21. The van der Waals surface area contributed by atoms with Crippen LogP contribution in [0.25, 0.3) is 22.4 Å². The number of hydrogen-bond acceptors (Lipinski definition) is 8. The summed E-state index contributed by atoms with van der Waals surface area (Å²) in [6.07, 6.45) is 1.64. The van der Waals surface area contributed by atoms with Gasteiger partial charge >= 0.3 is 0 Å². The smallest absolute Gasteiger partial charge is 0.259 e. The molecule has 5 aromatic rings. The minimum absolute atomic E-state index is 0.0283. The van der Waals surface area contributed by atoms with Crippen LogP contribution >= 0.6 is 11.3 Å². The number of hydrogen-bond donors (Lipinski definition) is 0. The molecule has 44 heavy (non-hydrogen) atoms. The van der Waals surface area contributed by atoms with E-state index in [0.29, 0.717) is 65.5 Å². The molecule has 0 spiro atoms. The summed E-state index contributed by atoms with van der Waals surface area (Å²) in [6.45, 7) is 12.9. The summed E-state index contributed by atoms with van der Waals surface area (Å²) >= 11 is 1.68. The van der Waals surface area contributed by atoms with E-state index in [2.05, 4.69) is 31.4 Å². The molecule has 1 saturated heterocycles. The Kier molecular flexibility index (Phi) is 7.78. The zero-order chi connectivity index (χ0) is 31.4. The summed E-state index contributed by atoms with van der Waals surface area (Å²) < 4.78 is 49.0. The van der Waals surface area contributed by atoms with E-state index in [4.69, 9.17) is 4.52 Å². The molecule has 0 aliphatic carbocycles. The van der Waals surface area contributed by atoms with Crippen molar-refractivity contribution in [3.63, 3.8) is 0 Å². The number of halogens is 3. The van der Waals surface area contributed by atoms with Gasteiger partial charge in [0, 0.05) is 64.7 Å². The number of pyridine rings is 1. The van der Waals surface area contributed by atoms with Gasteiger partial charge in [-0.3, -0.25) is 9.69 Å². The third kappa shape index (κ3) is 5.38. The zero-order valence-electron chi connectivity index (χ0n) is 25.2. The fourth-order valence-electron chi connectivity index (χ4n) is 6.14. The first-order chi connectivity index (χ1) is 20.9. The molecule has 1 aliphatic rings. The van der Waals surface area contributed by atoms with Crippen molar-refractivity contribution >= 4 is 28.3 Å². The Bertz CT molecular complexity index is 1850. The molecule has 0 unspecified atom stereocenters. The summed E-state index contributed by atoms with van der Waals surface area (Å²) in [5.41, 5.74) is 3.43. The SMILES string of the molecule is Cc1cc(-c2cc(C(=O)N3C[C@@H](C)N(Cc4cn([C@@H](C)c5c(F)cc(F)cc5F)nn4)[C@@H](C)C3)c3c(C)noc3n2)c(C)s1. The number of nitrogens with zero attached hydrogens (tertiary/aromatic N) is 7. The van der Waals surface area contributed by atoms with Crippen LogP contribution in [-0.4, -0.2) is 66.0 Å². The molecule has 4 aromatic heterocycles. The maximum absolute atomic E-state index is 14.4. The largest absolute Gasteiger partial charge is 0.336 e. The lowest BCUT2D eigenvalue weighted by Gasteiger charge is -2.44. The molecule has 1 amide bonds. The number of aromatic nitrogens is 5. The zero-order valence-corrected chi connectivity index (χ0v) is 26.0. The second kappa shape index (κ2) is 11.4. The van der Waals surface area contributed by atoms with Crippen molar-refractivity contribution in [2.45, 2.75) is 66.2 Å². The van der Waals surface area contributed by atoms with Crippen molar-refractivity contribution in [2.75, 3.05) is 13.1 Å². The standard InChI is InChI=1S/C31H32F3N7O2S/c1-15-11-39(31(42)24-10-27(23-7-17(3)44-20(23)6)35-30-28(24)18(4)37-43-30)12-16(2)40(15)13-22-14-41(38-36-22)19(5)29-25(33)8-21(32)9-26(29)34/h7-10,14-16,19H,11-13H2,1-6H3/t15-,16+,19-/m0/s1. The molecule has 0 bridgehead atoms. The molecule has 1 aromatic carbocycles. The summed E-state index contributed by atoms with van der Waals surface area (Å²) in [7, 11) is 0. The van der Waals surface area contributed by atoms with E-state index in [-0.39, 0.29) is 23.6 Å². The first-order valence-electron chi connectivity index (χ1n) is 14.4. The van der Waals surface area contributed by atoms with Gasteiger partial charge in [0.15, 0.2) is 0 Å². The molecule has 1 aliphatic heterocycles. The molecule has 0 radical (unpaired) electrons. The van der Waals surface area contributed by atoms with Crippen LogP contribution in [0, 0.1) is 38.2 Å². The van der Waals surface area contributed by atoms with Gasteiger partial charge in [-0.25, -0.2) is 22.8 Å². The summed E-state index contributed by atoms with van der Waals surface area (Å²) in [5, 5.41) is 13.0. The van der Waals surface area contributed by atoms with Gasteiger partial charge < -0.3 is 9.42 Å². The van der Waals surface area contributed by atoms with E-state index in [9.17, 15) is 18.0 Å². The fraction of sp³-hybridized carbons (Fsp3) is 0.387. The average Bonchev–Trinajstić information content (AvgIpc) is 3.67. The normalized spacial score (nSPS) is 18.3. The number of carbonyl (C=O) groups excluding carboxylic acids is 1. The number of thiophene rings is 1. The van der Waals surface area contributed by atoms with Crippen molar-refractivity contribution in [3.8, 4) is 11.3 Å². The highest BCUT2D eigenvalue weighted by Gasteiger charge is 2.34. The van der Waals surface area contributed by atoms with Crippen molar-refractivity contribution in [1.29, 1.82) is 0 Å². The first kappa shape index (κ1) is 29.9. The lowest BCUT2D eigenvalue weighted by molar-refractivity contribution is 0.0265. The highest BCUT2D eigenvalue weighted by molar-refractivity contribution is 7.12. The molecular weight excluding hydrogens is 591 g/mol. The maximum atomic E-state index is 14.4. The molecule has 5 heterocycles. The van der Waals surface area contributed by atoms with E-state index in [1.165, 1.54) is 4.68 Å². The molecule has 230 valence electrons. The summed E-state index contributed by atoms with van der Waals surface area (Å²) in [5.74, 6) is -3.05. The number of piperazine rings is 1. The fourth-order valence-corrected chi connectivity index (χ4v) is 7.07. The third-order valence-corrected chi connectivity index (χ3v) is 9.28. The average molecular weight is 624 g/mol. The van der Waals surface area contributed by atoms with E-state index in [1.54, 1.807) is 31.4 Å². The Labute approximate surface area is 256 Å². The third-order valence-electron chi connectivity index (χ3n) is 8.31. The van der Waals surface area contributed by atoms with Gasteiger partial charge in [0.1, 0.15) is 17.5 Å². The minimum atomic E-state index is -0.978. The predicted molar refractivity (Wildman–Crippen MR) is 160 cm³/mol. The van der Waals surface area contributed by atoms with Crippen LogP contribution in [0.1, 0.15) is 63.9 Å². The van der Waals surface area contributed by atoms with Crippen molar-refractivity contribution in [2.24, 2.45) is 0 Å². The monoisotopic (exact) mass is 623 g/mol. The van der Waals surface area contributed by atoms with Crippen LogP contribution < -0.4 is 0 Å². The van der Waals surface area contributed by atoms with Crippen LogP contribution in [-0.2, 0) is 6.54 Å².